The molecular formula is C13H17Cl2NO2S. The molecule has 0 aliphatic heterocycles. The Morgan fingerprint density at radius 2 is 2.05 bits per heavy atom. The maximum absolute atomic E-state index is 12.6. The minimum Gasteiger partial charge on any atom is -0.207 e. The number of rotatable bonds is 6. The summed E-state index contributed by atoms with van der Waals surface area (Å²) in [5.74, 6) is 0.777. The van der Waals surface area contributed by atoms with Gasteiger partial charge in [0.15, 0.2) is 0 Å². The van der Waals surface area contributed by atoms with Gasteiger partial charge in [0.1, 0.15) is 4.90 Å². The Morgan fingerprint density at radius 1 is 1.37 bits per heavy atom. The van der Waals surface area contributed by atoms with Gasteiger partial charge in [-0.15, -0.1) is 11.6 Å². The van der Waals surface area contributed by atoms with Crippen LogP contribution in [0.25, 0.3) is 0 Å². The van der Waals surface area contributed by atoms with Crippen molar-refractivity contribution in [3.8, 4) is 0 Å². The monoisotopic (exact) mass is 321 g/mol. The van der Waals surface area contributed by atoms with Crippen molar-refractivity contribution in [1.82, 2.24) is 4.31 Å². The van der Waals surface area contributed by atoms with E-state index >= 15 is 0 Å². The Kier molecular flexibility index (Phi) is 4.77. The van der Waals surface area contributed by atoms with Gasteiger partial charge in [-0.05, 0) is 36.5 Å². The largest absolute Gasteiger partial charge is 0.244 e. The molecule has 0 atom stereocenters. The van der Waals surface area contributed by atoms with E-state index in [1.54, 1.807) is 18.2 Å². The van der Waals surface area contributed by atoms with E-state index in [1.807, 2.05) is 6.92 Å². The zero-order chi connectivity index (χ0) is 14.0. The lowest BCUT2D eigenvalue weighted by molar-refractivity contribution is 0.412. The van der Waals surface area contributed by atoms with Crippen LogP contribution in [0, 0.1) is 5.92 Å². The van der Waals surface area contributed by atoms with Gasteiger partial charge in [0, 0.05) is 19.0 Å². The molecule has 0 bridgehead atoms. The van der Waals surface area contributed by atoms with Crippen LogP contribution in [0.4, 0.5) is 0 Å². The molecule has 19 heavy (non-hydrogen) atoms. The van der Waals surface area contributed by atoms with E-state index in [2.05, 4.69) is 0 Å². The van der Waals surface area contributed by atoms with Gasteiger partial charge in [-0.25, -0.2) is 8.42 Å². The van der Waals surface area contributed by atoms with Crippen LogP contribution in [0.1, 0.15) is 25.3 Å². The fourth-order valence-electron chi connectivity index (χ4n) is 1.95. The first-order chi connectivity index (χ1) is 8.98. The molecular weight excluding hydrogens is 305 g/mol. The van der Waals surface area contributed by atoms with E-state index in [-0.39, 0.29) is 15.8 Å². The Labute approximate surface area is 124 Å². The summed E-state index contributed by atoms with van der Waals surface area (Å²) in [5.41, 5.74) is 0.757. The van der Waals surface area contributed by atoms with E-state index in [1.165, 1.54) is 4.31 Å². The van der Waals surface area contributed by atoms with Crippen molar-refractivity contribution in [2.75, 3.05) is 13.1 Å². The van der Waals surface area contributed by atoms with Crippen LogP contribution in [-0.4, -0.2) is 25.8 Å². The summed E-state index contributed by atoms with van der Waals surface area (Å²) in [4.78, 5) is 0.162. The van der Waals surface area contributed by atoms with Crippen LogP contribution in [0.3, 0.4) is 0 Å². The van der Waals surface area contributed by atoms with Crippen molar-refractivity contribution in [3.63, 3.8) is 0 Å². The molecule has 106 valence electrons. The van der Waals surface area contributed by atoms with E-state index in [4.69, 9.17) is 23.2 Å². The second-order valence-corrected chi connectivity index (χ2v) is 7.38. The van der Waals surface area contributed by atoms with Gasteiger partial charge in [0.05, 0.1) is 5.02 Å². The molecule has 0 aromatic heterocycles. The molecule has 1 aliphatic carbocycles. The summed E-state index contributed by atoms with van der Waals surface area (Å²) < 4.78 is 26.7. The smallest absolute Gasteiger partial charge is 0.207 e. The molecule has 1 saturated carbocycles. The van der Waals surface area contributed by atoms with E-state index in [0.29, 0.717) is 19.0 Å². The van der Waals surface area contributed by atoms with Gasteiger partial charge in [0.25, 0.3) is 0 Å². The quantitative estimate of drug-likeness (QED) is 0.752. The summed E-state index contributed by atoms with van der Waals surface area (Å²) in [7, 11) is -3.53. The molecule has 1 aromatic carbocycles. The topological polar surface area (TPSA) is 37.4 Å². The summed E-state index contributed by atoms with van der Waals surface area (Å²) in [6.07, 6.45) is 2.23. The lowest BCUT2D eigenvalue weighted by Gasteiger charge is -2.21. The summed E-state index contributed by atoms with van der Waals surface area (Å²) in [5, 5.41) is 0.253. The molecule has 1 fully saturated rings. The first-order valence-corrected chi connectivity index (χ1v) is 8.68. The Bertz CT molecular complexity index is 556. The van der Waals surface area contributed by atoms with Gasteiger partial charge < -0.3 is 0 Å². The van der Waals surface area contributed by atoms with Crippen LogP contribution >= 0.6 is 23.2 Å². The Balaban J connectivity index is 2.35. The third-order valence-corrected chi connectivity index (χ3v) is 6.01. The number of benzene rings is 1. The van der Waals surface area contributed by atoms with Crippen molar-refractivity contribution >= 4 is 33.2 Å². The summed E-state index contributed by atoms with van der Waals surface area (Å²) in [6.45, 7) is 2.89. The van der Waals surface area contributed by atoms with E-state index in [9.17, 15) is 8.42 Å². The lowest BCUT2D eigenvalue weighted by atomic mass is 10.2. The highest BCUT2D eigenvalue weighted by molar-refractivity contribution is 7.89. The van der Waals surface area contributed by atoms with E-state index in [0.717, 1.165) is 18.4 Å². The SMILES string of the molecule is CCN(CC1CC1)S(=O)(=O)c1cc(CCl)ccc1Cl. The normalized spacial score (nSPS) is 16.0. The molecule has 1 aliphatic rings. The van der Waals surface area contributed by atoms with Crippen molar-refractivity contribution in [3.05, 3.63) is 28.8 Å². The molecule has 0 amide bonds. The number of alkyl halides is 1. The third-order valence-electron chi connectivity index (χ3n) is 3.28. The van der Waals surface area contributed by atoms with Crippen molar-refractivity contribution in [2.45, 2.75) is 30.5 Å². The number of sulfonamides is 1. The fourth-order valence-corrected chi connectivity index (χ4v) is 4.17. The van der Waals surface area contributed by atoms with Crippen LogP contribution in [-0.2, 0) is 15.9 Å². The number of halogens is 2. The van der Waals surface area contributed by atoms with Gasteiger partial charge >= 0.3 is 0 Å². The second kappa shape index (κ2) is 6.00. The van der Waals surface area contributed by atoms with Crippen molar-refractivity contribution in [1.29, 1.82) is 0 Å². The van der Waals surface area contributed by atoms with Gasteiger partial charge in [-0.2, -0.15) is 4.31 Å². The highest BCUT2D eigenvalue weighted by atomic mass is 35.5. The fraction of sp³-hybridized carbons (Fsp3) is 0.538. The maximum atomic E-state index is 12.6. The molecule has 0 saturated heterocycles. The Morgan fingerprint density at radius 3 is 2.58 bits per heavy atom. The van der Waals surface area contributed by atoms with E-state index < -0.39 is 10.0 Å². The van der Waals surface area contributed by atoms with Crippen LogP contribution in [0.2, 0.25) is 5.02 Å². The number of hydrogen-bond acceptors (Lipinski definition) is 2. The zero-order valence-electron chi connectivity index (χ0n) is 10.8. The molecule has 0 N–H and O–H groups in total. The molecule has 6 heteroatoms. The van der Waals surface area contributed by atoms with Gasteiger partial charge in [-0.3, -0.25) is 0 Å². The zero-order valence-corrected chi connectivity index (χ0v) is 13.1. The highest BCUT2D eigenvalue weighted by Crippen LogP contribution is 2.33. The van der Waals surface area contributed by atoms with Crippen molar-refractivity contribution in [2.24, 2.45) is 5.92 Å². The van der Waals surface area contributed by atoms with Gasteiger partial charge in [-0.1, -0.05) is 24.6 Å². The predicted octanol–water partition coefficient (Wildman–Crippen LogP) is 3.50. The van der Waals surface area contributed by atoms with Gasteiger partial charge in [0.2, 0.25) is 10.0 Å². The molecule has 3 nitrogen and oxygen atoms in total. The summed E-state index contributed by atoms with van der Waals surface area (Å²) in [6, 6.07) is 4.91. The summed E-state index contributed by atoms with van der Waals surface area (Å²) >= 11 is 11.8. The predicted molar refractivity (Wildman–Crippen MR) is 78.2 cm³/mol. The first kappa shape index (κ1) is 15.1. The highest BCUT2D eigenvalue weighted by Gasteiger charge is 2.31. The third kappa shape index (κ3) is 3.43. The maximum Gasteiger partial charge on any atom is 0.244 e. The molecule has 0 heterocycles. The minimum absolute atomic E-state index is 0.162. The molecule has 0 unspecified atom stereocenters. The number of hydrogen-bond donors (Lipinski definition) is 0. The molecule has 0 spiro atoms. The average molecular weight is 322 g/mol. The first-order valence-electron chi connectivity index (χ1n) is 6.33. The second-order valence-electron chi connectivity index (χ2n) is 4.80. The minimum atomic E-state index is -3.53. The van der Waals surface area contributed by atoms with Crippen molar-refractivity contribution < 1.29 is 8.42 Å². The Hall–Kier alpha value is -0.290. The molecule has 1 aromatic rings. The molecule has 0 radical (unpaired) electrons. The van der Waals surface area contributed by atoms with Crippen LogP contribution in [0.15, 0.2) is 23.1 Å². The lowest BCUT2D eigenvalue weighted by Crippen LogP contribution is -2.33. The van der Waals surface area contributed by atoms with Crippen LogP contribution < -0.4 is 0 Å². The standard InChI is InChI=1S/C13H17Cl2NO2S/c1-2-16(9-10-3-4-10)19(17,18)13-7-11(8-14)5-6-12(13)15/h5-7,10H,2-4,8-9H2,1H3. The number of nitrogens with zero attached hydrogens (tertiary/aromatic N) is 1. The molecule has 2 rings (SSSR count). The average Bonchev–Trinajstić information content (AvgIpc) is 3.20. The van der Waals surface area contributed by atoms with Crippen LogP contribution in [0.5, 0.6) is 0 Å².